The number of hydrogen-bond donors (Lipinski definition) is 1. The van der Waals surface area contributed by atoms with E-state index in [9.17, 15) is 0 Å². The normalized spacial score (nSPS) is 9.71. The van der Waals surface area contributed by atoms with Crippen molar-refractivity contribution < 1.29 is 0 Å². The van der Waals surface area contributed by atoms with Crippen LogP contribution in [-0.4, -0.2) is 15.0 Å². The highest BCUT2D eigenvalue weighted by atomic mass is 14.9. The second kappa shape index (κ2) is 4.32. The van der Waals surface area contributed by atoms with Gasteiger partial charge >= 0.3 is 0 Å². The number of aromatic nitrogens is 3. The molecule has 0 aliphatic carbocycles. The summed E-state index contributed by atoms with van der Waals surface area (Å²) in [4.78, 5) is 11.9. The topological polar surface area (TPSA) is 50.7 Å². The molecule has 2 heterocycles. The third-order valence-corrected chi connectivity index (χ3v) is 1.80. The first-order chi connectivity index (χ1) is 6.95. The number of rotatable bonds is 3. The van der Waals surface area contributed by atoms with Crippen LogP contribution >= 0.6 is 0 Å². The summed E-state index contributed by atoms with van der Waals surface area (Å²) >= 11 is 0. The Hall–Kier alpha value is -1.97. The fraction of sp³-hybridized carbons (Fsp3) is 0.100. The maximum Gasteiger partial charge on any atom is 0.115 e. The Kier molecular flexibility index (Phi) is 2.66. The van der Waals surface area contributed by atoms with Gasteiger partial charge in [0.15, 0.2) is 0 Å². The molecular weight excluding hydrogens is 176 g/mol. The summed E-state index contributed by atoms with van der Waals surface area (Å²) < 4.78 is 0. The van der Waals surface area contributed by atoms with Crippen molar-refractivity contribution in [3.05, 3.63) is 48.8 Å². The molecule has 0 aromatic carbocycles. The molecule has 2 aromatic rings. The summed E-state index contributed by atoms with van der Waals surface area (Å²) in [6, 6.07) is 5.72. The molecule has 0 spiro atoms. The summed E-state index contributed by atoms with van der Waals surface area (Å²) in [6.07, 6.45) is 6.78. The van der Waals surface area contributed by atoms with E-state index >= 15 is 0 Å². The van der Waals surface area contributed by atoms with E-state index in [-0.39, 0.29) is 0 Å². The van der Waals surface area contributed by atoms with Crippen molar-refractivity contribution in [3.8, 4) is 0 Å². The summed E-state index contributed by atoms with van der Waals surface area (Å²) in [5, 5.41) is 3.23. The Labute approximate surface area is 82.1 Å². The molecule has 0 fully saturated rings. The van der Waals surface area contributed by atoms with Crippen LogP contribution in [0.15, 0.2) is 43.1 Å². The Morgan fingerprint density at radius 2 is 1.79 bits per heavy atom. The van der Waals surface area contributed by atoms with E-state index in [2.05, 4.69) is 20.3 Å². The molecule has 0 aliphatic rings. The van der Waals surface area contributed by atoms with E-state index < -0.39 is 0 Å². The highest BCUT2D eigenvalue weighted by molar-refractivity contribution is 5.40. The van der Waals surface area contributed by atoms with Crippen molar-refractivity contribution in [1.82, 2.24) is 15.0 Å². The van der Waals surface area contributed by atoms with E-state index in [0.717, 1.165) is 11.4 Å². The first-order valence-electron chi connectivity index (χ1n) is 4.34. The molecule has 0 radical (unpaired) electrons. The van der Waals surface area contributed by atoms with Crippen LogP contribution in [0, 0.1) is 0 Å². The van der Waals surface area contributed by atoms with Gasteiger partial charge in [-0.2, -0.15) is 0 Å². The molecule has 0 saturated heterocycles. The lowest BCUT2D eigenvalue weighted by Gasteiger charge is -2.03. The van der Waals surface area contributed by atoms with Gasteiger partial charge in [-0.3, -0.25) is 4.98 Å². The summed E-state index contributed by atoms with van der Waals surface area (Å²) in [7, 11) is 0. The smallest absolute Gasteiger partial charge is 0.115 e. The number of hydrogen-bond acceptors (Lipinski definition) is 4. The van der Waals surface area contributed by atoms with Gasteiger partial charge in [-0.1, -0.05) is 0 Å². The van der Waals surface area contributed by atoms with Gasteiger partial charge in [0, 0.05) is 24.3 Å². The molecule has 0 saturated carbocycles. The number of pyridine rings is 1. The first-order valence-corrected chi connectivity index (χ1v) is 4.34. The van der Waals surface area contributed by atoms with Crippen molar-refractivity contribution in [1.29, 1.82) is 0 Å². The van der Waals surface area contributed by atoms with E-state index in [0.29, 0.717) is 6.54 Å². The molecule has 4 nitrogen and oxygen atoms in total. The number of anilines is 1. The lowest BCUT2D eigenvalue weighted by atomic mass is 10.3. The van der Waals surface area contributed by atoms with Crippen LogP contribution in [0.2, 0.25) is 0 Å². The quantitative estimate of drug-likeness (QED) is 0.788. The number of nitrogens with one attached hydrogen (secondary N) is 1. The van der Waals surface area contributed by atoms with Crippen molar-refractivity contribution in [2.24, 2.45) is 0 Å². The van der Waals surface area contributed by atoms with Crippen LogP contribution in [0.25, 0.3) is 0 Å². The van der Waals surface area contributed by atoms with Gasteiger partial charge in [0.1, 0.15) is 6.33 Å². The minimum atomic E-state index is 0.701. The zero-order chi connectivity index (χ0) is 9.64. The fourth-order valence-corrected chi connectivity index (χ4v) is 1.09. The Balaban J connectivity index is 1.96. The van der Waals surface area contributed by atoms with Gasteiger partial charge in [-0.25, -0.2) is 9.97 Å². The third kappa shape index (κ3) is 2.26. The molecule has 14 heavy (non-hydrogen) atoms. The molecule has 4 heteroatoms. The van der Waals surface area contributed by atoms with Crippen LogP contribution in [0.1, 0.15) is 5.69 Å². The highest BCUT2D eigenvalue weighted by Gasteiger charge is 1.92. The van der Waals surface area contributed by atoms with Gasteiger partial charge in [0.2, 0.25) is 0 Å². The average Bonchev–Trinajstić information content (AvgIpc) is 2.29. The second-order valence-electron chi connectivity index (χ2n) is 2.79. The number of nitrogens with zero attached hydrogens (tertiary/aromatic N) is 3. The monoisotopic (exact) mass is 186 g/mol. The van der Waals surface area contributed by atoms with Crippen molar-refractivity contribution >= 4 is 5.69 Å². The lowest BCUT2D eigenvalue weighted by molar-refractivity contribution is 1.01. The predicted octanol–water partition coefficient (Wildman–Crippen LogP) is 1.48. The largest absolute Gasteiger partial charge is 0.379 e. The Morgan fingerprint density at radius 3 is 2.50 bits per heavy atom. The van der Waals surface area contributed by atoms with Gasteiger partial charge in [0.05, 0.1) is 12.2 Å². The molecule has 0 bridgehead atoms. The minimum absolute atomic E-state index is 0.701. The fourth-order valence-electron chi connectivity index (χ4n) is 1.09. The van der Waals surface area contributed by atoms with E-state index in [1.165, 1.54) is 0 Å². The molecule has 2 aromatic heterocycles. The third-order valence-electron chi connectivity index (χ3n) is 1.80. The zero-order valence-electron chi connectivity index (χ0n) is 7.59. The standard InChI is InChI=1S/C10H10N4/c1-4-11-5-2-9(1)13-7-10-3-6-12-8-14-10/h1-6,8H,7H2,(H,11,13). The highest BCUT2D eigenvalue weighted by Crippen LogP contribution is 2.04. The maximum absolute atomic E-state index is 4.10. The van der Waals surface area contributed by atoms with E-state index in [1.807, 2.05) is 18.2 Å². The lowest BCUT2D eigenvalue weighted by Crippen LogP contribution is -2.01. The van der Waals surface area contributed by atoms with E-state index in [4.69, 9.17) is 0 Å². The molecule has 0 aliphatic heterocycles. The summed E-state index contributed by atoms with van der Waals surface area (Å²) in [6.45, 7) is 0.701. The van der Waals surface area contributed by atoms with Gasteiger partial charge in [0.25, 0.3) is 0 Å². The van der Waals surface area contributed by atoms with Crippen LogP contribution in [-0.2, 0) is 6.54 Å². The van der Waals surface area contributed by atoms with Crippen molar-refractivity contribution in [2.75, 3.05) is 5.32 Å². The van der Waals surface area contributed by atoms with E-state index in [1.54, 1.807) is 24.9 Å². The molecule has 70 valence electrons. The molecule has 2 rings (SSSR count). The van der Waals surface area contributed by atoms with Crippen molar-refractivity contribution in [2.45, 2.75) is 6.54 Å². The van der Waals surface area contributed by atoms with Crippen molar-refractivity contribution in [3.63, 3.8) is 0 Å². The maximum atomic E-state index is 4.10. The Morgan fingerprint density at radius 1 is 1.00 bits per heavy atom. The van der Waals surface area contributed by atoms with Gasteiger partial charge < -0.3 is 5.32 Å². The SMILES string of the molecule is c1cc(NCc2ccncn2)ccn1. The first kappa shape index (κ1) is 8.62. The zero-order valence-corrected chi connectivity index (χ0v) is 7.59. The summed E-state index contributed by atoms with van der Waals surface area (Å²) in [5.41, 5.74) is 2.01. The molecular formula is C10H10N4. The van der Waals surface area contributed by atoms with Gasteiger partial charge in [-0.15, -0.1) is 0 Å². The average molecular weight is 186 g/mol. The van der Waals surface area contributed by atoms with Gasteiger partial charge in [-0.05, 0) is 18.2 Å². The second-order valence-corrected chi connectivity index (χ2v) is 2.79. The van der Waals surface area contributed by atoms with Crippen LogP contribution < -0.4 is 5.32 Å². The molecule has 0 atom stereocenters. The van der Waals surface area contributed by atoms with Crippen LogP contribution in [0.3, 0.4) is 0 Å². The molecule has 0 amide bonds. The summed E-state index contributed by atoms with van der Waals surface area (Å²) in [5.74, 6) is 0. The molecule has 1 N–H and O–H groups in total. The predicted molar refractivity (Wildman–Crippen MR) is 53.6 cm³/mol. The minimum Gasteiger partial charge on any atom is -0.379 e. The Bertz CT molecular complexity index is 334. The van der Waals surface area contributed by atoms with Crippen LogP contribution in [0.4, 0.5) is 5.69 Å². The van der Waals surface area contributed by atoms with Crippen LogP contribution in [0.5, 0.6) is 0 Å². The molecule has 0 unspecified atom stereocenters.